The summed E-state index contributed by atoms with van der Waals surface area (Å²) in [7, 11) is 1.74. The molecule has 2 saturated carbocycles. The molecule has 0 saturated heterocycles. The maximum Gasteiger partial charge on any atom is 0.257 e. The van der Waals surface area contributed by atoms with Crippen LogP contribution in [0.1, 0.15) is 77.0 Å². The number of guanidine groups is 1. The van der Waals surface area contributed by atoms with Crippen molar-refractivity contribution in [3.8, 4) is 0 Å². The van der Waals surface area contributed by atoms with Gasteiger partial charge in [-0.2, -0.15) is 0 Å². The normalized spacial score (nSPS) is 35.3. The number of hydrogen-bond acceptors (Lipinski definition) is 4. The average molecular weight is 335 g/mol. The van der Waals surface area contributed by atoms with E-state index in [-0.39, 0.29) is 12.0 Å². The number of hydrogen-bond donors (Lipinski definition) is 2. The molecule has 1 heterocycles. The lowest BCUT2D eigenvalue weighted by molar-refractivity contribution is -0.131. The molecule has 2 fully saturated rings. The molecule has 0 aromatic heterocycles. The number of carbonyl (C=O) groups excluding carboxylic acids is 1. The first-order valence-electron chi connectivity index (χ1n) is 9.82. The third kappa shape index (κ3) is 3.76. The Morgan fingerprint density at radius 2 is 1.88 bits per heavy atom. The highest BCUT2D eigenvalue weighted by Crippen LogP contribution is 2.40. The van der Waals surface area contributed by atoms with Crippen LogP contribution in [0.4, 0.5) is 0 Å². The van der Waals surface area contributed by atoms with Gasteiger partial charge in [-0.15, -0.1) is 0 Å². The highest BCUT2D eigenvalue weighted by molar-refractivity contribution is 6.06. The standard InChI is InChI=1S/C19H33N3O2/c1-22-17(24)19(21-18(22)20,11-10-14-6-3-2-4-7-14)13-15-8-5-9-16(23)12-15/h14-16,23H,2-13H2,1H3,(H2,20,21)/t15-,16+,19-/m1/s1. The van der Waals surface area contributed by atoms with E-state index in [1.165, 1.54) is 37.0 Å². The Morgan fingerprint density at radius 3 is 2.50 bits per heavy atom. The molecular formula is C19H33N3O2. The zero-order chi connectivity index (χ0) is 17.2. The summed E-state index contributed by atoms with van der Waals surface area (Å²) >= 11 is 0. The van der Waals surface area contributed by atoms with Gasteiger partial charge in [-0.3, -0.25) is 9.69 Å². The molecule has 2 aliphatic carbocycles. The van der Waals surface area contributed by atoms with Crippen LogP contribution in [0.3, 0.4) is 0 Å². The summed E-state index contributed by atoms with van der Waals surface area (Å²) in [5, 5.41) is 9.99. The molecule has 3 atom stereocenters. The van der Waals surface area contributed by atoms with Gasteiger partial charge < -0.3 is 10.8 Å². The summed E-state index contributed by atoms with van der Waals surface area (Å²) in [6, 6.07) is 0. The Hall–Kier alpha value is -1.10. The topological polar surface area (TPSA) is 78.9 Å². The molecular weight excluding hydrogens is 302 g/mol. The highest BCUT2D eigenvalue weighted by Gasteiger charge is 2.47. The molecule has 5 nitrogen and oxygen atoms in total. The predicted octanol–water partition coefficient (Wildman–Crippen LogP) is 2.81. The zero-order valence-electron chi connectivity index (χ0n) is 15.0. The van der Waals surface area contributed by atoms with E-state index in [1.54, 1.807) is 7.05 Å². The fourth-order valence-corrected chi connectivity index (χ4v) is 5.00. The van der Waals surface area contributed by atoms with Gasteiger partial charge in [0.15, 0.2) is 5.96 Å². The summed E-state index contributed by atoms with van der Waals surface area (Å²) in [5.74, 6) is 1.55. The molecule has 1 aliphatic heterocycles. The van der Waals surface area contributed by atoms with Gasteiger partial charge in [0.05, 0.1) is 6.10 Å². The molecule has 3 N–H and O–H groups in total. The lowest BCUT2D eigenvalue weighted by Crippen LogP contribution is -2.44. The largest absolute Gasteiger partial charge is 0.393 e. The Bertz CT molecular complexity index is 487. The van der Waals surface area contributed by atoms with Crippen molar-refractivity contribution in [1.29, 1.82) is 0 Å². The van der Waals surface area contributed by atoms with E-state index in [2.05, 4.69) is 4.99 Å². The SMILES string of the molecule is CN1C(=O)[C@@](CCC2CCCCC2)(C[C@@H]2CCC[C@H](O)C2)N=C1N. The number of nitrogens with zero attached hydrogens (tertiary/aromatic N) is 2. The lowest BCUT2D eigenvalue weighted by atomic mass is 9.74. The predicted molar refractivity (Wildman–Crippen MR) is 95.5 cm³/mol. The minimum Gasteiger partial charge on any atom is -0.393 e. The van der Waals surface area contributed by atoms with Crippen LogP contribution >= 0.6 is 0 Å². The van der Waals surface area contributed by atoms with Crippen molar-refractivity contribution in [2.24, 2.45) is 22.6 Å². The van der Waals surface area contributed by atoms with Crippen LogP contribution in [0.2, 0.25) is 0 Å². The van der Waals surface area contributed by atoms with Crippen molar-refractivity contribution in [3.05, 3.63) is 0 Å². The maximum absolute atomic E-state index is 12.9. The first-order chi connectivity index (χ1) is 11.5. The summed E-state index contributed by atoms with van der Waals surface area (Å²) in [5.41, 5.74) is 5.32. The van der Waals surface area contributed by atoms with Crippen LogP contribution < -0.4 is 5.73 Å². The smallest absolute Gasteiger partial charge is 0.257 e. The van der Waals surface area contributed by atoms with Crippen molar-refractivity contribution in [1.82, 2.24) is 4.90 Å². The van der Waals surface area contributed by atoms with E-state index in [0.29, 0.717) is 11.9 Å². The maximum atomic E-state index is 12.9. The van der Waals surface area contributed by atoms with Crippen LogP contribution in [-0.2, 0) is 4.79 Å². The van der Waals surface area contributed by atoms with Crippen LogP contribution in [-0.4, -0.2) is 40.6 Å². The van der Waals surface area contributed by atoms with Gasteiger partial charge in [0.1, 0.15) is 5.54 Å². The number of nitrogens with two attached hydrogens (primary N) is 1. The second-order valence-electron chi connectivity index (χ2n) is 8.30. The number of aliphatic hydroxyl groups is 1. The Kier molecular flexibility index (Phi) is 5.48. The third-order valence-corrected chi connectivity index (χ3v) is 6.45. The number of aliphatic hydroxyl groups excluding tert-OH is 1. The first kappa shape index (κ1) is 17.7. The van der Waals surface area contributed by atoms with Crippen LogP contribution in [0.25, 0.3) is 0 Å². The quantitative estimate of drug-likeness (QED) is 0.811. The van der Waals surface area contributed by atoms with Crippen molar-refractivity contribution in [2.75, 3.05) is 7.05 Å². The molecule has 0 bridgehead atoms. The lowest BCUT2D eigenvalue weighted by Gasteiger charge is -2.34. The van der Waals surface area contributed by atoms with Crippen LogP contribution in [0, 0.1) is 11.8 Å². The fraction of sp³-hybridized carbons (Fsp3) is 0.895. The van der Waals surface area contributed by atoms with Gasteiger partial charge in [-0.1, -0.05) is 44.9 Å². The second kappa shape index (κ2) is 7.42. The Labute approximate surface area is 145 Å². The average Bonchev–Trinajstić information content (AvgIpc) is 2.78. The van der Waals surface area contributed by atoms with Gasteiger partial charge in [-0.05, 0) is 43.9 Å². The monoisotopic (exact) mass is 335 g/mol. The number of rotatable bonds is 5. The van der Waals surface area contributed by atoms with Crippen LogP contribution in [0.15, 0.2) is 4.99 Å². The molecule has 0 radical (unpaired) electrons. The molecule has 5 heteroatoms. The van der Waals surface area contributed by atoms with Gasteiger partial charge in [0.2, 0.25) is 0 Å². The zero-order valence-corrected chi connectivity index (χ0v) is 15.0. The van der Waals surface area contributed by atoms with Gasteiger partial charge >= 0.3 is 0 Å². The molecule has 3 rings (SSSR count). The summed E-state index contributed by atoms with van der Waals surface area (Å²) < 4.78 is 0. The molecule has 0 aromatic carbocycles. The fourth-order valence-electron chi connectivity index (χ4n) is 5.00. The molecule has 0 unspecified atom stereocenters. The first-order valence-corrected chi connectivity index (χ1v) is 9.82. The van der Waals surface area contributed by atoms with Crippen molar-refractivity contribution in [3.63, 3.8) is 0 Å². The minimum atomic E-state index is -0.669. The Balaban J connectivity index is 1.70. The summed E-state index contributed by atoms with van der Waals surface area (Å²) in [6.45, 7) is 0. The van der Waals surface area contributed by atoms with E-state index in [0.717, 1.165) is 50.9 Å². The highest BCUT2D eigenvalue weighted by atomic mass is 16.3. The number of aliphatic imine (C=N–C) groups is 1. The molecule has 24 heavy (non-hydrogen) atoms. The van der Waals surface area contributed by atoms with Gasteiger partial charge in [0, 0.05) is 7.05 Å². The van der Waals surface area contributed by atoms with E-state index in [4.69, 9.17) is 5.73 Å². The molecule has 3 aliphatic rings. The van der Waals surface area contributed by atoms with Crippen molar-refractivity contribution in [2.45, 2.75) is 88.7 Å². The van der Waals surface area contributed by atoms with E-state index < -0.39 is 5.54 Å². The van der Waals surface area contributed by atoms with Crippen molar-refractivity contribution >= 4 is 11.9 Å². The van der Waals surface area contributed by atoms with Gasteiger partial charge in [0.25, 0.3) is 5.91 Å². The molecule has 136 valence electrons. The number of likely N-dealkylation sites (N-methyl/N-ethyl adjacent to an activating group) is 1. The Morgan fingerprint density at radius 1 is 1.17 bits per heavy atom. The van der Waals surface area contributed by atoms with Crippen LogP contribution in [0.5, 0.6) is 0 Å². The van der Waals surface area contributed by atoms with Gasteiger partial charge in [-0.25, -0.2) is 4.99 Å². The number of carbonyl (C=O) groups is 1. The summed E-state index contributed by atoms with van der Waals surface area (Å²) in [6.07, 6.45) is 12.9. The third-order valence-electron chi connectivity index (χ3n) is 6.45. The van der Waals surface area contributed by atoms with E-state index in [1.807, 2.05) is 0 Å². The number of amides is 1. The van der Waals surface area contributed by atoms with Crippen molar-refractivity contribution < 1.29 is 9.90 Å². The summed E-state index contributed by atoms with van der Waals surface area (Å²) in [4.78, 5) is 19.1. The molecule has 0 spiro atoms. The second-order valence-corrected chi connectivity index (χ2v) is 8.30. The van der Waals surface area contributed by atoms with E-state index in [9.17, 15) is 9.90 Å². The molecule has 1 amide bonds. The molecule has 0 aromatic rings. The van der Waals surface area contributed by atoms with E-state index >= 15 is 0 Å². The minimum absolute atomic E-state index is 0.0656.